The Morgan fingerprint density at radius 1 is 1.13 bits per heavy atom. The Hall–Kier alpha value is -2.83. The van der Waals surface area contributed by atoms with Crippen molar-refractivity contribution in [1.29, 1.82) is 0 Å². The van der Waals surface area contributed by atoms with E-state index in [4.69, 9.17) is 5.73 Å². The molecule has 1 saturated carbocycles. The highest BCUT2D eigenvalue weighted by Gasteiger charge is 2.31. The number of aryl methyl sites for hydroxylation is 1. The second kappa shape index (κ2) is 8.36. The van der Waals surface area contributed by atoms with Crippen LogP contribution in [0, 0.1) is 11.8 Å². The third kappa shape index (κ3) is 4.60. The van der Waals surface area contributed by atoms with Crippen molar-refractivity contribution in [3.63, 3.8) is 0 Å². The molecule has 2 aromatic heterocycles. The van der Waals surface area contributed by atoms with Crippen LogP contribution in [0.1, 0.15) is 43.5 Å². The van der Waals surface area contributed by atoms with Gasteiger partial charge in [0.15, 0.2) is 17.0 Å². The van der Waals surface area contributed by atoms with Gasteiger partial charge in [-0.05, 0) is 43.7 Å². The number of imidazole rings is 1. The van der Waals surface area contributed by atoms with Crippen molar-refractivity contribution in [2.75, 3.05) is 5.73 Å². The van der Waals surface area contributed by atoms with Crippen LogP contribution in [0.4, 0.5) is 19.0 Å². The van der Waals surface area contributed by atoms with E-state index >= 15 is 0 Å². The first-order valence-corrected chi connectivity index (χ1v) is 9.59. The average Bonchev–Trinajstić information content (AvgIpc) is 3.04. The van der Waals surface area contributed by atoms with Crippen molar-refractivity contribution in [2.45, 2.75) is 43.9 Å². The summed E-state index contributed by atoms with van der Waals surface area (Å²) in [5.74, 6) is 6.16. The van der Waals surface area contributed by atoms with E-state index in [2.05, 4.69) is 26.8 Å². The monoisotopic (exact) mass is 451 g/mol. The topological polar surface area (TPSA) is 89.9 Å². The summed E-state index contributed by atoms with van der Waals surface area (Å²) >= 11 is 0. The molecule has 0 radical (unpaired) electrons. The molecular formula is C21H21ClF3N5O. The minimum atomic E-state index is -4.46. The summed E-state index contributed by atoms with van der Waals surface area (Å²) < 4.78 is 40.8. The number of hydrogen-bond acceptors (Lipinski definition) is 5. The number of anilines is 1. The fourth-order valence-electron chi connectivity index (χ4n) is 3.66. The van der Waals surface area contributed by atoms with E-state index in [1.807, 2.05) is 0 Å². The molecule has 0 unspecified atom stereocenters. The SMILES string of the molecule is Cl.Cn1c(-c2cccc(C(F)(F)F)c2)nc2c(N)nc(C#CC3(O)CCCCC3)nc21. The summed E-state index contributed by atoms with van der Waals surface area (Å²) in [6, 6.07) is 4.90. The minimum Gasteiger partial charge on any atom is -0.382 e. The summed E-state index contributed by atoms with van der Waals surface area (Å²) in [5.41, 5.74) is 5.13. The summed E-state index contributed by atoms with van der Waals surface area (Å²) in [6.45, 7) is 0. The lowest BCUT2D eigenvalue weighted by molar-refractivity contribution is -0.137. The number of hydrogen-bond donors (Lipinski definition) is 2. The van der Waals surface area contributed by atoms with Crippen LogP contribution in [-0.2, 0) is 13.2 Å². The van der Waals surface area contributed by atoms with Gasteiger partial charge in [-0.2, -0.15) is 13.2 Å². The van der Waals surface area contributed by atoms with E-state index in [9.17, 15) is 18.3 Å². The quantitative estimate of drug-likeness (QED) is 0.544. The number of alkyl halides is 3. The Morgan fingerprint density at radius 3 is 2.52 bits per heavy atom. The van der Waals surface area contributed by atoms with Gasteiger partial charge in [0.1, 0.15) is 11.4 Å². The first kappa shape index (κ1) is 22.8. The maximum absolute atomic E-state index is 13.1. The number of aliphatic hydroxyl groups is 1. The smallest absolute Gasteiger partial charge is 0.382 e. The molecule has 3 N–H and O–H groups in total. The number of aromatic nitrogens is 4. The van der Waals surface area contributed by atoms with Crippen LogP contribution in [0.2, 0.25) is 0 Å². The van der Waals surface area contributed by atoms with Crippen LogP contribution in [0.5, 0.6) is 0 Å². The number of benzene rings is 1. The van der Waals surface area contributed by atoms with Crippen LogP contribution >= 0.6 is 12.4 Å². The molecule has 2 heterocycles. The molecule has 1 fully saturated rings. The van der Waals surface area contributed by atoms with Gasteiger partial charge in [0.2, 0.25) is 5.82 Å². The molecule has 1 aliphatic carbocycles. The molecule has 0 atom stereocenters. The van der Waals surface area contributed by atoms with Crippen molar-refractivity contribution in [1.82, 2.24) is 19.5 Å². The highest BCUT2D eigenvalue weighted by molar-refractivity contribution is 5.86. The van der Waals surface area contributed by atoms with E-state index < -0.39 is 17.3 Å². The lowest BCUT2D eigenvalue weighted by Crippen LogP contribution is -2.29. The minimum absolute atomic E-state index is 0. The molecule has 0 bridgehead atoms. The van der Waals surface area contributed by atoms with Crippen molar-refractivity contribution in [3.05, 3.63) is 35.7 Å². The van der Waals surface area contributed by atoms with Crippen LogP contribution in [0.15, 0.2) is 24.3 Å². The van der Waals surface area contributed by atoms with Crippen LogP contribution in [-0.4, -0.2) is 30.2 Å². The average molecular weight is 452 g/mol. The predicted molar refractivity (Wildman–Crippen MR) is 113 cm³/mol. The summed E-state index contributed by atoms with van der Waals surface area (Å²) in [7, 11) is 1.64. The fraction of sp³-hybridized carbons (Fsp3) is 0.381. The van der Waals surface area contributed by atoms with Crippen molar-refractivity contribution < 1.29 is 18.3 Å². The molecule has 3 aromatic rings. The number of nitrogens with zero attached hydrogens (tertiary/aromatic N) is 4. The molecule has 1 aliphatic rings. The largest absolute Gasteiger partial charge is 0.416 e. The number of rotatable bonds is 1. The molecular weight excluding hydrogens is 431 g/mol. The first-order valence-electron chi connectivity index (χ1n) is 9.59. The number of nitrogens with two attached hydrogens (primary N) is 1. The molecule has 4 rings (SSSR count). The van der Waals surface area contributed by atoms with E-state index in [-0.39, 0.29) is 41.0 Å². The first-order chi connectivity index (χ1) is 14.2. The van der Waals surface area contributed by atoms with Gasteiger partial charge in [-0.15, -0.1) is 12.4 Å². The van der Waals surface area contributed by atoms with E-state index in [1.54, 1.807) is 17.7 Å². The zero-order chi connectivity index (χ0) is 21.5. The Morgan fingerprint density at radius 2 is 1.84 bits per heavy atom. The maximum atomic E-state index is 13.1. The van der Waals surface area contributed by atoms with Crippen LogP contribution in [0.25, 0.3) is 22.6 Å². The molecule has 0 aliphatic heterocycles. The van der Waals surface area contributed by atoms with E-state index in [1.165, 1.54) is 6.07 Å². The molecule has 0 amide bonds. The van der Waals surface area contributed by atoms with Gasteiger partial charge in [-0.3, -0.25) is 0 Å². The van der Waals surface area contributed by atoms with Gasteiger partial charge in [-0.1, -0.05) is 24.5 Å². The summed E-state index contributed by atoms with van der Waals surface area (Å²) in [4.78, 5) is 12.9. The second-order valence-electron chi connectivity index (χ2n) is 7.52. The summed E-state index contributed by atoms with van der Waals surface area (Å²) in [6.07, 6.45) is -0.356. The third-order valence-electron chi connectivity index (χ3n) is 5.28. The molecule has 1 aromatic carbocycles. The Balaban J connectivity index is 0.00000272. The van der Waals surface area contributed by atoms with Gasteiger partial charge in [0.25, 0.3) is 0 Å². The zero-order valence-electron chi connectivity index (χ0n) is 16.7. The number of halogens is 4. The highest BCUT2D eigenvalue weighted by atomic mass is 35.5. The summed E-state index contributed by atoms with van der Waals surface area (Å²) in [5, 5.41) is 10.5. The molecule has 31 heavy (non-hydrogen) atoms. The van der Waals surface area contributed by atoms with Crippen molar-refractivity contribution in [2.24, 2.45) is 7.05 Å². The predicted octanol–water partition coefficient (Wildman–Crippen LogP) is 4.10. The molecule has 0 spiro atoms. The standard InChI is InChI=1S/C21H20F3N5O.ClH/c1-29-18(13-6-5-7-14(12-13)21(22,23)24)28-16-17(25)26-15(27-19(16)29)8-11-20(30)9-3-2-4-10-20;/h5-7,12,30H,2-4,9-10H2,1H3,(H2,25,26,27);1H. The second-order valence-corrected chi connectivity index (χ2v) is 7.52. The zero-order valence-corrected chi connectivity index (χ0v) is 17.5. The normalized spacial score (nSPS) is 15.8. The van der Waals surface area contributed by atoms with Gasteiger partial charge in [0, 0.05) is 12.6 Å². The van der Waals surface area contributed by atoms with Gasteiger partial charge < -0.3 is 15.4 Å². The van der Waals surface area contributed by atoms with E-state index in [0.717, 1.165) is 31.4 Å². The third-order valence-corrected chi connectivity index (χ3v) is 5.28. The fourth-order valence-corrected chi connectivity index (χ4v) is 3.66. The molecule has 6 nitrogen and oxygen atoms in total. The van der Waals surface area contributed by atoms with Crippen molar-refractivity contribution >= 4 is 29.4 Å². The van der Waals surface area contributed by atoms with Crippen molar-refractivity contribution in [3.8, 4) is 23.2 Å². The van der Waals surface area contributed by atoms with Gasteiger partial charge >= 0.3 is 6.18 Å². The number of nitrogen functional groups attached to an aromatic ring is 1. The Kier molecular flexibility index (Phi) is 6.16. The number of fused-ring (bicyclic) bond motifs is 1. The van der Waals surface area contributed by atoms with Gasteiger partial charge in [0.05, 0.1) is 5.56 Å². The van der Waals surface area contributed by atoms with Gasteiger partial charge in [-0.25, -0.2) is 15.0 Å². The van der Waals surface area contributed by atoms with Crippen LogP contribution < -0.4 is 5.73 Å². The molecule has 0 saturated heterocycles. The van der Waals surface area contributed by atoms with E-state index in [0.29, 0.717) is 18.5 Å². The lowest BCUT2D eigenvalue weighted by atomic mass is 9.85. The Labute approximate surface area is 183 Å². The molecule has 10 heteroatoms. The Bertz CT molecular complexity index is 1170. The molecule has 164 valence electrons. The lowest BCUT2D eigenvalue weighted by Gasteiger charge is -2.26. The van der Waals surface area contributed by atoms with Crippen LogP contribution in [0.3, 0.4) is 0 Å². The highest BCUT2D eigenvalue weighted by Crippen LogP contribution is 2.33. The maximum Gasteiger partial charge on any atom is 0.416 e.